The van der Waals surface area contributed by atoms with E-state index in [4.69, 9.17) is 12.2 Å². The first-order chi connectivity index (χ1) is 8.33. The van der Waals surface area contributed by atoms with E-state index >= 15 is 0 Å². The first-order valence-corrected chi connectivity index (χ1v) is 6.10. The number of rotatable bonds is 4. The van der Waals surface area contributed by atoms with E-state index in [0.717, 1.165) is 17.7 Å². The smallest absolute Gasteiger partial charge is 0.0419 e. The standard InChI is InChI=1S/C15H15NS/c1-16-15-8-7-13(10-14(15)11-17)9-12-5-3-2-4-6-12/h2-8,10-11,16H,9H2,1H3. The van der Waals surface area contributed by atoms with Gasteiger partial charge in [-0.2, -0.15) is 0 Å². The molecule has 1 nitrogen and oxygen atoms in total. The molecule has 0 radical (unpaired) electrons. The zero-order valence-corrected chi connectivity index (χ0v) is 10.6. The third kappa shape index (κ3) is 2.92. The Bertz CT molecular complexity index is 506. The van der Waals surface area contributed by atoms with Crippen molar-refractivity contribution in [3.63, 3.8) is 0 Å². The minimum Gasteiger partial charge on any atom is -0.388 e. The van der Waals surface area contributed by atoms with Crippen LogP contribution in [0.25, 0.3) is 0 Å². The van der Waals surface area contributed by atoms with Gasteiger partial charge in [-0.05, 0) is 29.7 Å². The number of hydrogen-bond acceptors (Lipinski definition) is 2. The fourth-order valence-corrected chi connectivity index (χ4v) is 2.07. The summed E-state index contributed by atoms with van der Waals surface area (Å²) in [6.07, 6.45) is 0.945. The van der Waals surface area contributed by atoms with Crippen LogP contribution < -0.4 is 5.32 Å². The summed E-state index contributed by atoms with van der Waals surface area (Å²) >= 11 is 5.03. The summed E-state index contributed by atoms with van der Waals surface area (Å²) in [5.41, 5.74) is 4.76. The first-order valence-electron chi connectivity index (χ1n) is 5.63. The molecule has 2 aromatic carbocycles. The number of benzene rings is 2. The molecular weight excluding hydrogens is 226 g/mol. The van der Waals surface area contributed by atoms with Gasteiger partial charge in [-0.1, -0.05) is 48.6 Å². The van der Waals surface area contributed by atoms with Crippen LogP contribution in [0.1, 0.15) is 16.7 Å². The third-order valence-corrected chi connectivity index (χ3v) is 3.02. The highest BCUT2D eigenvalue weighted by Crippen LogP contribution is 2.17. The van der Waals surface area contributed by atoms with Crippen LogP contribution in [0.15, 0.2) is 48.5 Å². The fraction of sp³-hybridized carbons (Fsp3) is 0.133. The molecule has 0 unspecified atom stereocenters. The molecule has 0 aliphatic heterocycles. The van der Waals surface area contributed by atoms with E-state index in [1.165, 1.54) is 11.1 Å². The molecule has 2 heteroatoms. The van der Waals surface area contributed by atoms with Crippen LogP contribution in [0, 0.1) is 0 Å². The van der Waals surface area contributed by atoms with Crippen LogP contribution in [-0.2, 0) is 6.42 Å². The zero-order valence-electron chi connectivity index (χ0n) is 9.81. The Morgan fingerprint density at radius 3 is 2.47 bits per heavy atom. The molecule has 0 aliphatic carbocycles. The molecule has 0 saturated carbocycles. The van der Waals surface area contributed by atoms with Crippen LogP contribution in [0.2, 0.25) is 0 Å². The van der Waals surface area contributed by atoms with Crippen molar-refractivity contribution < 1.29 is 0 Å². The predicted octanol–water partition coefficient (Wildman–Crippen LogP) is 3.67. The zero-order chi connectivity index (χ0) is 12.1. The van der Waals surface area contributed by atoms with Crippen molar-refractivity contribution in [2.75, 3.05) is 12.4 Å². The summed E-state index contributed by atoms with van der Waals surface area (Å²) in [5.74, 6) is 0. The number of nitrogens with one attached hydrogen (secondary N) is 1. The molecule has 86 valence electrons. The van der Waals surface area contributed by atoms with Crippen LogP contribution in [0.3, 0.4) is 0 Å². The second-order valence-corrected chi connectivity index (χ2v) is 4.19. The van der Waals surface area contributed by atoms with Crippen LogP contribution in [0.4, 0.5) is 5.69 Å². The lowest BCUT2D eigenvalue weighted by molar-refractivity contribution is 1.19. The highest BCUT2D eigenvalue weighted by molar-refractivity contribution is 7.79. The first kappa shape index (κ1) is 11.8. The maximum atomic E-state index is 5.03. The summed E-state index contributed by atoms with van der Waals surface area (Å²) < 4.78 is 0. The molecule has 17 heavy (non-hydrogen) atoms. The Balaban J connectivity index is 2.25. The molecule has 0 aliphatic rings. The fourth-order valence-electron chi connectivity index (χ4n) is 1.88. The number of hydrogen-bond donors (Lipinski definition) is 1. The molecule has 1 N–H and O–H groups in total. The minimum absolute atomic E-state index is 0.945. The van der Waals surface area contributed by atoms with Crippen molar-refractivity contribution in [2.45, 2.75) is 6.42 Å². The highest BCUT2D eigenvalue weighted by atomic mass is 32.1. The van der Waals surface area contributed by atoms with Gasteiger partial charge in [0.05, 0.1) is 0 Å². The van der Waals surface area contributed by atoms with Gasteiger partial charge in [-0.3, -0.25) is 0 Å². The molecule has 0 amide bonds. The van der Waals surface area contributed by atoms with Crippen molar-refractivity contribution >= 4 is 23.3 Å². The van der Waals surface area contributed by atoms with Gasteiger partial charge < -0.3 is 5.32 Å². The molecule has 0 fully saturated rings. The molecular formula is C15H15NS. The molecule has 0 bridgehead atoms. The monoisotopic (exact) mass is 241 g/mol. The van der Waals surface area contributed by atoms with Gasteiger partial charge in [0.15, 0.2) is 0 Å². The van der Waals surface area contributed by atoms with E-state index in [0.29, 0.717) is 0 Å². The van der Waals surface area contributed by atoms with Crippen molar-refractivity contribution in [2.24, 2.45) is 0 Å². The van der Waals surface area contributed by atoms with Gasteiger partial charge in [-0.25, -0.2) is 0 Å². The summed E-state index contributed by atoms with van der Waals surface area (Å²) in [7, 11) is 1.91. The van der Waals surface area contributed by atoms with Gasteiger partial charge in [0, 0.05) is 23.7 Å². The van der Waals surface area contributed by atoms with Gasteiger partial charge in [0.2, 0.25) is 0 Å². The predicted molar refractivity (Wildman–Crippen MR) is 78.0 cm³/mol. The van der Waals surface area contributed by atoms with Gasteiger partial charge in [-0.15, -0.1) is 0 Å². The topological polar surface area (TPSA) is 12.0 Å². The van der Waals surface area contributed by atoms with Crippen molar-refractivity contribution in [1.29, 1.82) is 0 Å². The van der Waals surface area contributed by atoms with Gasteiger partial charge >= 0.3 is 0 Å². The normalized spacial score (nSPS) is 9.94. The Morgan fingerprint density at radius 2 is 1.82 bits per heavy atom. The maximum Gasteiger partial charge on any atom is 0.0419 e. The van der Waals surface area contributed by atoms with E-state index < -0.39 is 0 Å². The third-order valence-electron chi connectivity index (χ3n) is 2.76. The lowest BCUT2D eigenvalue weighted by atomic mass is 10.0. The quantitative estimate of drug-likeness (QED) is 0.820. The summed E-state index contributed by atoms with van der Waals surface area (Å²) in [4.78, 5) is 0. The summed E-state index contributed by atoms with van der Waals surface area (Å²) in [6.45, 7) is 0. The van der Waals surface area contributed by atoms with Crippen LogP contribution in [0.5, 0.6) is 0 Å². The summed E-state index contributed by atoms with van der Waals surface area (Å²) in [5, 5.41) is 4.86. The SMILES string of the molecule is CNc1ccc(Cc2ccccc2)cc1C=S. The largest absolute Gasteiger partial charge is 0.388 e. The second-order valence-electron chi connectivity index (χ2n) is 3.95. The van der Waals surface area contributed by atoms with E-state index in [1.807, 2.05) is 13.1 Å². The Hall–Kier alpha value is -1.67. The summed E-state index contributed by atoms with van der Waals surface area (Å²) in [6, 6.07) is 16.8. The molecule has 0 saturated heterocycles. The molecule has 2 aromatic rings. The second kappa shape index (κ2) is 5.60. The minimum atomic E-state index is 0.945. The van der Waals surface area contributed by atoms with Crippen molar-refractivity contribution in [1.82, 2.24) is 0 Å². The number of anilines is 1. The molecule has 2 rings (SSSR count). The lowest BCUT2D eigenvalue weighted by Gasteiger charge is -2.08. The molecule has 0 heterocycles. The average Bonchev–Trinajstić information content (AvgIpc) is 2.40. The van der Waals surface area contributed by atoms with Gasteiger partial charge in [0.1, 0.15) is 0 Å². The van der Waals surface area contributed by atoms with E-state index in [2.05, 4.69) is 47.8 Å². The van der Waals surface area contributed by atoms with Crippen LogP contribution >= 0.6 is 12.2 Å². The molecule has 0 atom stereocenters. The Kier molecular flexibility index (Phi) is 3.89. The molecule has 0 aromatic heterocycles. The lowest BCUT2D eigenvalue weighted by Crippen LogP contribution is -1.96. The van der Waals surface area contributed by atoms with E-state index in [1.54, 1.807) is 5.37 Å². The Morgan fingerprint density at radius 1 is 1.06 bits per heavy atom. The van der Waals surface area contributed by atoms with E-state index in [9.17, 15) is 0 Å². The highest BCUT2D eigenvalue weighted by Gasteiger charge is 2.01. The number of thiocarbonyl (C=S) groups is 1. The molecule has 0 spiro atoms. The van der Waals surface area contributed by atoms with Crippen molar-refractivity contribution in [3.05, 3.63) is 65.2 Å². The van der Waals surface area contributed by atoms with Gasteiger partial charge in [0.25, 0.3) is 0 Å². The van der Waals surface area contributed by atoms with Crippen molar-refractivity contribution in [3.8, 4) is 0 Å². The average molecular weight is 241 g/mol. The van der Waals surface area contributed by atoms with E-state index in [-0.39, 0.29) is 0 Å². The van der Waals surface area contributed by atoms with Crippen LogP contribution in [-0.4, -0.2) is 12.4 Å². The maximum absolute atomic E-state index is 5.03. The Labute approximate surface area is 107 Å².